The van der Waals surface area contributed by atoms with Crippen LogP contribution in [0.25, 0.3) is 21.3 Å². The molecule has 0 aliphatic rings. The molecular weight excluding hydrogens is 299 g/mol. The summed E-state index contributed by atoms with van der Waals surface area (Å²) in [5, 5.41) is 10.9. The normalized spacial score (nSPS) is 10.6. The van der Waals surface area contributed by atoms with Gasteiger partial charge in [0.15, 0.2) is 5.78 Å². The number of fused-ring (bicyclic) bond motifs is 1. The Morgan fingerprint density at radius 3 is 2.73 bits per heavy atom. The fourth-order valence-electron chi connectivity index (χ4n) is 2.39. The Hall–Kier alpha value is -2.58. The first-order valence-corrected chi connectivity index (χ1v) is 7.42. The highest BCUT2D eigenvalue weighted by molar-refractivity contribution is 7.16. The molecule has 0 amide bonds. The molecule has 5 heteroatoms. The third-order valence-corrected chi connectivity index (χ3v) is 4.51. The van der Waals surface area contributed by atoms with E-state index in [4.69, 9.17) is 0 Å². The average molecular weight is 310 g/mol. The van der Waals surface area contributed by atoms with Crippen molar-refractivity contribution in [3.63, 3.8) is 0 Å². The lowest BCUT2D eigenvalue weighted by molar-refractivity contribution is 0.102. The number of benzene rings is 2. The smallest absolute Gasteiger partial charge is 0.171 e. The number of rotatable bonds is 2. The van der Waals surface area contributed by atoms with E-state index in [2.05, 4.69) is 4.98 Å². The zero-order valence-electron chi connectivity index (χ0n) is 12.0. The molecule has 3 nitrogen and oxygen atoms in total. The Kier molecular flexibility index (Phi) is 3.47. The molecule has 0 saturated heterocycles. The van der Waals surface area contributed by atoms with E-state index in [1.807, 2.05) is 12.1 Å². The summed E-state index contributed by atoms with van der Waals surface area (Å²) in [6, 6.07) is 8.71. The molecule has 0 aliphatic heterocycles. The largest absolute Gasteiger partial charge is 0.294 e. The number of nitrogens with zero attached hydrogens (tertiary/aromatic N) is 2. The molecule has 3 rings (SSSR count). The van der Waals surface area contributed by atoms with Gasteiger partial charge in [-0.1, -0.05) is 6.07 Å². The van der Waals surface area contributed by atoms with Crippen LogP contribution in [0.5, 0.6) is 0 Å². The van der Waals surface area contributed by atoms with E-state index in [0.29, 0.717) is 26.2 Å². The van der Waals surface area contributed by atoms with Crippen molar-refractivity contribution in [3.8, 4) is 16.6 Å². The van der Waals surface area contributed by atoms with Crippen LogP contribution >= 0.6 is 11.3 Å². The van der Waals surface area contributed by atoms with Crippen molar-refractivity contribution in [2.24, 2.45) is 0 Å². The molecule has 0 N–H and O–H groups in total. The summed E-state index contributed by atoms with van der Waals surface area (Å²) < 4.78 is 14.1. The number of aromatic nitrogens is 1. The second-order valence-corrected chi connectivity index (χ2v) is 6.10. The Morgan fingerprint density at radius 2 is 2.09 bits per heavy atom. The van der Waals surface area contributed by atoms with Gasteiger partial charge in [-0.3, -0.25) is 4.79 Å². The highest BCUT2D eigenvalue weighted by Gasteiger charge is 2.13. The molecule has 0 spiro atoms. The SMILES string of the molecule is CC(=O)c1cnc(-c2cc(C#N)c3c(F)cc(C)cc3c2)s1. The van der Waals surface area contributed by atoms with Gasteiger partial charge in [-0.25, -0.2) is 9.37 Å². The molecule has 22 heavy (non-hydrogen) atoms. The van der Waals surface area contributed by atoms with E-state index in [0.717, 1.165) is 5.56 Å². The number of Topliss-reactive ketones (excluding diaryl/α,β-unsaturated/α-hetero) is 1. The van der Waals surface area contributed by atoms with Gasteiger partial charge in [-0.05, 0) is 36.1 Å². The molecule has 1 heterocycles. The lowest BCUT2D eigenvalue weighted by Crippen LogP contribution is -1.89. The van der Waals surface area contributed by atoms with E-state index in [9.17, 15) is 14.4 Å². The first-order valence-electron chi connectivity index (χ1n) is 6.60. The summed E-state index contributed by atoms with van der Waals surface area (Å²) in [6.07, 6.45) is 1.52. The molecular formula is C17H11FN2OS. The van der Waals surface area contributed by atoms with Gasteiger partial charge in [0.1, 0.15) is 10.8 Å². The highest BCUT2D eigenvalue weighted by atomic mass is 32.1. The lowest BCUT2D eigenvalue weighted by atomic mass is 9.99. The molecule has 2 aromatic carbocycles. The van der Waals surface area contributed by atoms with E-state index in [1.165, 1.54) is 30.5 Å². The molecule has 1 aromatic heterocycles. The van der Waals surface area contributed by atoms with Gasteiger partial charge in [0.05, 0.1) is 16.5 Å². The van der Waals surface area contributed by atoms with Crippen LogP contribution in [0, 0.1) is 24.1 Å². The van der Waals surface area contributed by atoms with Crippen molar-refractivity contribution in [2.75, 3.05) is 0 Å². The monoisotopic (exact) mass is 310 g/mol. The average Bonchev–Trinajstić information content (AvgIpc) is 2.95. The van der Waals surface area contributed by atoms with Crippen LogP contribution in [0.4, 0.5) is 4.39 Å². The quantitative estimate of drug-likeness (QED) is 0.655. The van der Waals surface area contributed by atoms with Crippen LogP contribution in [-0.4, -0.2) is 10.8 Å². The van der Waals surface area contributed by atoms with E-state index < -0.39 is 5.82 Å². The van der Waals surface area contributed by atoms with Crippen LogP contribution in [0.3, 0.4) is 0 Å². The van der Waals surface area contributed by atoms with Crippen LogP contribution in [-0.2, 0) is 0 Å². The third-order valence-electron chi connectivity index (χ3n) is 3.37. The Morgan fingerprint density at radius 1 is 1.32 bits per heavy atom. The number of carbonyl (C=O) groups excluding carboxylic acids is 1. The standard InChI is InChI=1S/C17H11FN2OS/c1-9-3-11-5-12(17-20-8-15(22-17)10(2)21)6-13(7-19)16(11)14(18)4-9/h3-6,8H,1-2H3. The van der Waals surface area contributed by atoms with Gasteiger partial charge >= 0.3 is 0 Å². The molecule has 0 unspecified atom stereocenters. The molecule has 0 radical (unpaired) electrons. The molecule has 0 fully saturated rings. The summed E-state index contributed by atoms with van der Waals surface area (Å²) in [6.45, 7) is 3.29. The van der Waals surface area contributed by atoms with Gasteiger partial charge in [0.25, 0.3) is 0 Å². The summed E-state index contributed by atoms with van der Waals surface area (Å²) >= 11 is 1.27. The summed E-state index contributed by atoms with van der Waals surface area (Å²) in [5.74, 6) is -0.450. The Labute approximate surface area is 130 Å². The fourth-order valence-corrected chi connectivity index (χ4v) is 3.18. The molecule has 0 aliphatic carbocycles. The summed E-state index contributed by atoms with van der Waals surface area (Å²) in [5.41, 5.74) is 1.77. The van der Waals surface area contributed by atoms with E-state index in [1.54, 1.807) is 19.1 Å². The second kappa shape index (κ2) is 5.32. The van der Waals surface area contributed by atoms with Crippen molar-refractivity contribution in [2.45, 2.75) is 13.8 Å². The predicted octanol–water partition coefficient (Wildman–Crippen LogP) is 4.49. The third kappa shape index (κ3) is 2.38. The van der Waals surface area contributed by atoms with Crippen molar-refractivity contribution >= 4 is 27.9 Å². The highest BCUT2D eigenvalue weighted by Crippen LogP contribution is 2.32. The molecule has 0 saturated carbocycles. The van der Waals surface area contributed by atoms with Gasteiger partial charge in [-0.2, -0.15) is 5.26 Å². The van der Waals surface area contributed by atoms with Crippen LogP contribution in [0.15, 0.2) is 30.5 Å². The van der Waals surface area contributed by atoms with Crippen LogP contribution in [0.2, 0.25) is 0 Å². The Balaban J connectivity index is 2.27. The van der Waals surface area contributed by atoms with Crippen molar-refractivity contribution < 1.29 is 9.18 Å². The van der Waals surface area contributed by atoms with Gasteiger partial charge in [-0.15, -0.1) is 11.3 Å². The number of ketones is 1. The molecule has 108 valence electrons. The Bertz CT molecular complexity index is 953. The predicted molar refractivity (Wildman–Crippen MR) is 84.5 cm³/mol. The number of hydrogen-bond acceptors (Lipinski definition) is 4. The minimum atomic E-state index is -0.401. The van der Waals surface area contributed by atoms with Crippen molar-refractivity contribution in [1.29, 1.82) is 5.26 Å². The number of hydrogen-bond donors (Lipinski definition) is 0. The number of aryl methyl sites for hydroxylation is 1. The first kappa shape index (κ1) is 14.4. The lowest BCUT2D eigenvalue weighted by Gasteiger charge is -2.06. The number of nitriles is 1. The summed E-state index contributed by atoms with van der Waals surface area (Å²) in [7, 11) is 0. The van der Waals surface area contributed by atoms with E-state index in [-0.39, 0.29) is 11.3 Å². The summed E-state index contributed by atoms with van der Waals surface area (Å²) in [4.78, 5) is 16.2. The zero-order chi connectivity index (χ0) is 15.9. The van der Waals surface area contributed by atoms with Gasteiger partial charge in [0, 0.05) is 24.1 Å². The number of thiazole rings is 1. The van der Waals surface area contributed by atoms with Gasteiger partial charge in [0.2, 0.25) is 0 Å². The van der Waals surface area contributed by atoms with Crippen LogP contribution < -0.4 is 0 Å². The number of carbonyl (C=O) groups is 1. The first-order chi connectivity index (χ1) is 10.5. The second-order valence-electron chi connectivity index (χ2n) is 5.07. The maximum Gasteiger partial charge on any atom is 0.171 e. The van der Waals surface area contributed by atoms with E-state index >= 15 is 0 Å². The number of halogens is 1. The van der Waals surface area contributed by atoms with Gasteiger partial charge < -0.3 is 0 Å². The maximum absolute atomic E-state index is 14.1. The fraction of sp³-hybridized carbons (Fsp3) is 0.118. The minimum absolute atomic E-state index is 0.0491. The van der Waals surface area contributed by atoms with Crippen LogP contribution in [0.1, 0.15) is 27.7 Å². The minimum Gasteiger partial charge on any atom is -0.294 e. The molecule has 3 aromatic rings. The molecule has 0 atom stereocenters. The van der Waals surface area contributed by atoms with Crippen molar-refractivity contribution in [3.05, 3.63) is 52.3 Å². The molecule has 0 bridgehead atoms. The van der Waals surface area contributed by atoms with Crippen molar-refractivity contribution in [1.82, 2.24) is 4.98 Å². The topological polar surface area (TPSA) is 53.8 Å². The zero-order valence-corrected chi connectivity index (χ0v) is 12.8. The maximum atomic E-state index is 14.1.